The number of pyridine rings is 1. The number of benzene rings is 1. The SMILES string of the molecule is CC[C@H](CNC(=O)[C@H](C)Sc1nc2ncc(Cl)cc2[nH]1)c1ccccc1. The van der Waals surface area contributed by atoms with E-state index in [1.165, 1.54) is 17.3 Å². The van der Waals surface area contributed by atoms with Crippen LogP contribution in [0.2, 0.25) is 5.02 Å². The van der Waals surface area contributed by atoms with Gasteiger partial charge in [0.2, 0.25) is 5.91 Å². The first kappa shape index (κ1) is 18.7. The van der Waals surface area contributed by atoms with Gasteiger partial charge in [-0.3, -0.25) is 4.79 Å². The molecule has 3 rings (SSSR count). The lowest BCUT2D eigenvalue weighted by Gasteiger charge is -2.17. The quantitative estimate of drug-likeness (QED) is 0.588. The number of rotatable bonds is 7. The lowest BCUT2D eigenvalue weighted by atomic mass is 9.96. The molecule has 0 unspecified atom stereocenters. The summed E-state index contributed by atoms with van der Waals surface area (Å²) in [4.78, 5) is 24.2. The Kier molecular flexibility index (Phi) is 6.16. The van der Waals surface area contributed by atoms with Crippen LogP contribution in [-0.2, 0) is 4.79 Å². The van der Waals surface area contributed by atoms with E-state index in [9.17, 15) is 4.79 Å². The van der Waals surface area contributed by atoms with E-state index >= 15 is 0 Å². The number of nitrogens with zero attached hydrogens (tertiary/aromatic N) is 2. The van der Waals surface area contributed by atoms with Gasteiger partial charge in [-0.05, 0) is 25.0 Å². The lowest BCUT2D eigenvalue weighted by Crippen LogP contribution is -2.34. The van der Waals surface area contributed by atoms with E-state index in [2.05, 4.69) is 39.3 Å². The van der Waals surface area contributed by atoms with Crippen molar-refractivity contribution in [3.8, 4) is 0 Å². The molecule has 2 aromatic heterocycles. The smallest absolute Gasteiger partial charge is 0.233 e. The van der Waals surface area contributed by atoms with Gasteiger partial charge in [0.25, 0.3) is 0 Å². The molecule has 3 aromatic rings. The third-order valence-electron chi connectivity index (χ3n) is 4.23. The molecule has 2 heterocycles. The minimum absolute atomic E-state index is 0.00386. The summed E-state index contributed by atoms with van der Waals surface area (Å²) in [6, 6.07) is 12.0. The topological polar surface area (TPSA) is 70.7 Å². The van der Waals surface area contributed by atoms with E-state index < -0.39 is 0 Å². The molecule has 1 aromatic carbocycles. The Morgan fingerprint density at radius 3 is 2.85 bits per heavy atom. The van der Waals surface area contributed by atoms with Crippen LogP contribution in [0, 0.1) is 0 Å². The van der Waals surface area contributed by atoms with Crippen molar-refractivity contribution in [2.75, 3.05) is 6.54 Å². The van der Waals surface area contributed by atoms with Gasteiger partial charge < -0.3 is 10.3 Å². The largest absolute Gasteiger partial charge is 0.355 e. The maximum absolute atomic E-state index is 12.5. The molecular formula is C19H21ClN4OS. The predicted molar refractivity (Wildman–Crippen MR) is 107 cm³/mol. The van der Waals surface area contributed by atoms with Gasteiger partial charge >= 0.3 is 0 Å². The van der Waals surface area contributed by atoms with Gasteiger partial charge in [0.05, 0.1) is 15.8 Å². The van der Waals surface area contributed by atoms with Gasteiger partial charge in [0, 0.05) is 18.7 Å². The minimum atomic E-state index is -0.265. The molecule has 1 amide bonds. The summed E-state index contributed by atoms with van der Waals surface area (Å²) in [5, 5.41) is 4.00. The van der Waals surface area contributed by atoms with Crippen LogP contribution in [0.3, 0.4) is 0 Å². The third kappa shape index (κ3) is 4.56. The molecular weight excluding hydrogens is 368 g/mol. The Bertz CT molecular complexity index is 884. The zero-order valence-electron chi connectivity index (χ0n) is 14.7. The molecule has 2 atom stereocenters. The molecule has 2 N–H and O–H groups in total. The molecule has 0 aliphatic carbocycles. The first-order chi connectivity index (χ1) is 12.6. The van der Waals surface area contributed by atoms with Crippen LogP contribution in [0.4, 0.5) is 0 Å². The van der Waals surface area contributed by atoms with Crippen LogP contribution in [0.25, 0.3) is 11.2 Å². The van der Waals surface area contributed by atoms with Crippen LogP contribution in [-0.4, -0.2) is 32.7 Å². The predicted octanol–water partition coefficient (Wildman–Crippen LogP) is 4.40. The summed E-state index contributed by atoms with van der Waals surface area (Å²) in [6.45, 7) is 4.63. The highest BCUT2D eigenvalue weighted by atomic mass is 35.5. The maximum atomic E-state index is 12.5. The standard InChI is InChI=1S/C19H21ClN4OS/c1-3-13(14-7-5-4-6-8-14)10-22-18(25)12(2)26-19-23-16-9-15(20)11-21-17(16)24-19/h4-9,11-13H,3,10H2,1-2H3,(H,22,25)(H,21,23,24)/t12-,13+/m0/s1. The van der Waals surface area contributed by atoms with Crippen LogP contribution < -0.4 is 5.32 Å². The number of amides is 1. The second kappa shape index (κ2) is 8.56. The molecule has 0 bridgehead atoms. The van der Waals surface area contributed by atoms with Crippen molar-refractivity contribution in [2.45, 2.75) is 36.6 Å². The van der Waals surface area contributed by atoms with E-state index in [1.807, 2.05) is 25.1 Å². The fourth-order valence-corrected chi connectivity index (χ4v) is 3.71. The van der Waals surface area contributed by atoms with Gasteiger partial charge in [0.1, 0.15) is 0 Å². The zero-order valence-corrected chi connectivity index (χ0v) is 16.3. The molecule has 5 nitrogen and oxygen atoms in total. The second-order valence-corrected chi connectivity index (χ2v) is 7.85. The number of imidazole rings is 1. The number of hydrogen-bond donors (Lipinski definition) is 2. The minimum Gasteiger partial charge on any atom is -0.355 e. The number of thioether (sulfide) groups is 1. The molecule has 0 spiro atoms. The fraction of sp³-hybridized carbons (Fsp3) is 0.316. The molecule has 7 heteroatoms. The Morgan fingerprint density at radius 2 is 2.12 bits per heavy atom. The number of carbonyl (C=O) groups is 1. The van der Waals surface area contributed by atoms with E-state index in [1.54, 1.807) is 12.3 Å². The highest BCUT2D eigenvalue weighted by Crippen LogP contribution is 2.24. The number of H-pyrrole nitrogens is 1. The molecule has 0 aliphatic rings. The lowest BCUT2D eigenvalue weighted by molar-refractivity contribution is -0.120. The van der Waals surface area contributed by atoms with E-state index in [-0.39, 0.29) is 11.2 Å². The van der Waals surface area contributed by atoms with Crippen molar-refractivity contribution >= 4 is 40.4 Å². The number of fused-ring (bicyclic) bond motifs is 1. The monoisotopic (exact) mass is 388 g/mol. The summed E-state index contributed by atoms with van der Waals surface area (Å²) in [7, 11) is 0. The second-order valence-electron chi connectivity index (χ2n) is 6.09. The van der Waals surface area contributed by atoms with E-state index in [0.29, 0.717) is 28.3 Å². The molecule has 0 radical (unpaired) electrons. The summed E-state index contributed by atoms with van der Waals surface area (Å²) < 4.78 is 0. The Balaban J connectivity index is 1.58. The van der Waals surface area contributed by atoms with Crippen molar-refractivity contribution in [2.24, 2.45) is 0 Å². The molecule has 0 aliphatic heterocycles. The summed E-state index contributed by atoms with van der Waals surface area (Å²) in [5.41, 5.74) is 2.61. The van der Waals surface area contributed by atoms with Crippen molar-refractivity contribution in [1.29, 1.82) is 0 Å². The Hall–Kier alpha value is -2.05. The molecule has 0 saturated carbocycles. The van der Waals surface area contributed by atoms with Gasteiger partial charge in [-0.1, -0.05) is 60.6 Å². The first-order valence-electron chi connectivity index (χ1n) is 8.57. The normalized spacial score (nSPS) is 13.5. The maximum Gasteiger partial charge on any atom is 0.233 e. The van der Waals surface area contributed by atoms with Gasteiger partial charge in [0.15, 0.2) is 10.8 Å². The highest BCUT2D eigenvalue weighted by molar-refractivity contribution is 8.00. The number of nitrogens with one attached hydrogen (secondary N) is 2. The number of aromatic amines is 1. The third-order valence-corrected chi connectivity index (χ3v) is 5.42. The summed E-state index contributed by atoms with van der Waals surface area (Å²) in [5.74, 6) is 0.311. The zero-order chi connectivity index (χ0) is 18.5. The molecule has 26 heavy (non-hydrogen) atoms. The summed E-state index contributed by atoms with van der Waals surface area (Å²) >= 11 is 7.31. The first-order valence-corrected chi connectivity index (χ1v) is 9.83. The van der Waals surface area contributed by atoms with Crippen molar-refractivity contribution in [3.63, 3.8) is 0 Å². The average Bonchev–Trinajstić information content (AvgIpc) is 3.04. The van der Waals surface area contributed by atoms with Gasteiger partial charge in [-0.2, -0.15) is 0 Å². The van der Waals surface area contributed by atoms with Crippen LogP contribution >= 0.6 is 23.4 Å². The van der Waals surface area contributed by atoms with Crippen molar-refractivity contribution < 1.29 is 4.79 Å². The van der Waals surface area contributed by atoms with Crippen LogP contribution in [0.5, 0.6) is 0 Å². The highest BCUT2D eigenvalue weighted by Gasteiger charge is 2.18. The van der Waals surface area contributed by atoms with Crippen LogP contribution in [0.15, 0.2) is 47.8 Å². The number of aromatic nitrogens is 3. The van der Waals surface area contributed by atoms with Crippen molar-refractivity contribution in [3.05, 3.63) is 53.2 Å². The molecule has 0 fully saturated rings. The molecule has 0 saturated heterocycles. The van der Waals surface area contributed by atoms with E-state index in [4.69, 9.17) is 11.6 Å². The van der Waals surface area contributed by atoms with Gasteiger partial charge in [-0.25, -0.2) is 9.97 Å². The number of carbonyl (C=O) groups excluding carboxylic acids is 1. The number of halogens is 1. The van der Waals surface area contributed by atoms with E-state index in [0.717, 1.165) is 11.9 Å². The summed E-state index contributed by atoms with van der Waals surface area (Å²) in [6.07, 6.45) is 2.53. The Morgan fingerprint density at radius 1 is 1.35 bits per heavy atom. The van der Waals surface area contributed by atoms with Crippen LogP contribution in [0.1, 0.15) is 31.7 Å². The average molecular weight is 389 g/mol. The fourth-order valence-electron chi connectivity index (χ4n) is 2.72. The van der Waals surface area contributed by atoms with Crippen molar-refractivity contribution in [1.82, 2.24) is 20.3 Å². The Labute approximate surface area is 162 Å². The number of hydrogen-bond acceptors (Lipinski definition) is 4. The molecule has 136 valence electrons. The van der Waals surface area contributed by atoms with Gasteiger partial charge in [-0.15, -0.1) is 0 Å².